The van der Waals surface area contributed by atoms with Crippen molar-refractivity contribution in [1.29, 1.82) is 0 Å². The van der Waals surface area contributed by atoms with Crippen molar-refractivity contribution >= 4 is 35.6 Å². The van der Waals surface area contributed by atoms with E-state index in [0.29, 0.717) is 12.1 Å². The lowest BCUT2D eigenvalue weighted by molar-refractivity contribution is -0.142. The van der Waals surface area contributed by atoms with Crippen LogP contribution >= 0.6 is 11.6 Å². The molecule has 0 aliphatic heterocycles. The van der Waals surface area contributed by atoms with Crippen molar-refractivity contribution in [2.75, 3.05) is 13.6 Å². The van der Waals surface area contributed by atoms with E-state index in [9.17, 15) is 23.9 Å². The van der Waals surface area contributed by atoms with Crippen molar-refractivity contribution in [1.82, 2.24) is 14.7 Å². The Morgan fingerprint density at radius 3 is 2.37 bits per heavy atom. The Kier molecular flexibility index (Phi) is 8.21. The number of carbonyl (C=O) groups is 2. The molecule has 1 heterocycles. The fourth-order valence-electron chi connectivity index (χ4n) is 4.20. The standard InChI is InChI=1S/C28H28ClF2N3O4/c1-7-33(5)25(35)18-11-9-16(14-21(18)31)8-10-17-19(29)12-13-20(30)22(17)23-24(28(3,4)27(37)38)15(2)32-34(6)26(23)36/h8-14H,7H2,1-6H3,(H,37,38)/b10-8+. The van der Waals surface area contributed by atoms with E-state index in [0.717, 1.165) is 16.8 Å². The second-order valence-electron chi connectivity index (χ2n) is 9.40. The van der Waals surface area contributed by atoms with Gasteiger partial charge in [-0.2, -0.15) is 5.10 Å². The number of aryl methyl sites for hydroxylation is 2. The van der Waals surface area contributed by atoms with Crippen LogP contribution in [0.25, 0.3) is 23.3 Å². The molecular formula is C28H28ClF2N3O4. The number of carbonyl (C=O) groups excluding carboxylic acids is 1. The van der Waals surface area contributed by atoms with Crippen LogP contribution in [-0.2, 0) is 17.3 Å². The summed E-state index contributed by atoms with van der Waals surface area (Å²) in [6.45, 7) is 6.54. The summed E-state index contributed by atoms with van der Waals surface area (Å²) in [5.74, 6) is -3.22. The molecule has 0 unspecified atom stereocenters. The lowest BCUT2D eigenvalue weighted by Crippen LogP contribution is -2.35. The number of rotatable bonds is 7. The molecule has 0 radical (unpaired) electrons. The topological polar surface area (TPSA) is 92.5 Å². The molecule has 1 amide bonds. The minimum Gasteiger partial charge on any atom is -0.481 e. The summed E-state index contributed by atoms with van der Waals surface area (Å²) in [4.78, 5) is 39.2. The van der Waals surface area contributed by atoms with E-state index in [1.807, 2.05) is 0 Å². The molecule has 0 atom stereocenters. The van der Waals surface area contributed by atoms with Crippen molar-refractivity contribution in [3.63, 3.8) is 0 Å². The van der Waals surface area contributed by atoms with Crippen LogP contribution in [-0.4, -0.2) is 45.3 Å². The molecule has 2 aromatic carbocycles. The van der Waals surface area contributed by atoms with Gasteiger partial charge in [-0.15, -0.1) is 0 Å². The van der Waals surface area contributed by atoms with E-state index in [2.05, 4.69) is 5.10 Å². The molecule has 0 spiro atoms. The summed E-state index contributed by atoms with van der Waals surface area (Å²) < 4.78 is 31.2. The van der Waals surface area contributed by atoms with Crippen LogP contribution in [0.1, 0.15) is 53.5 Å². The van der Waals surface area contributed by atoms with E-state index in [4.69, 9.17) is 11.6 Å². The first-order valence-corrected chi connectivity index (χ1v) is 12.1. The van der Waals surface area contributed by atoms with Crippen molar-refractivity contribution in [2.24, 2.45) is 7.05 Å². The van der Waals surface area contributed by atoms with Gasteiger partial charge in [-0.1, -0.05) is 29.8 Å². The third-order valence-electron chi connectivity index (χ3n) is 6.46. The first-order valence-electron chi connectivity index (χ1n) is 11.8. The van der Waals surface area contributed by atoms with E-state index in [1.54, 1.807) is 20.9 Å². The molecule has 0 aliphatic carbocycles. The van der Waals surface area contributed by atoms with Gasteiger partial charge in [-0.05, 0) is 57.5 Å². The van der Waals surface area contributed by atoms with Gasteiger partial charge >= 0.3 is 5.97 Å². The minimum absolute atomic E-state index is 0.0536. The molecule has 1 N–H and O–H groups in total. The van der Waals surface area contributed by atoms with Crippen LogP contribution in [0, 0.1) is 18.6 Å². The summed E-state index contributed by atoms with van der Waals surface area (Å²) in [7, 11) is 2.95. The van der Waals surface area contributed by atoms with Gasteiger partial charge in [-0.25, -0.2) is 13.5 Å². The lowest BCUT2D eigenvalue weighted by Gasteiger charge is -2.26. The first-order chi connectivity index (χ1) is 17.7. The van der Waals surface area contributed by atoms with E-state index in [1.165, 1.54) is 56.1 Å². The van der Waals surface area contributed by atoms with Crippen molar-refractivity contribution in [3.05, 3.63) is 85.3 Å². The number of hydrogen-bond acceptors (Lipinski definition) is 4. The zero-order valence-electron chi connectivity index (χ0n) is 21.9. The number of hydrogen-bond donors (Lipinski definition) is 1. The molecule has 38 heavy (non-hydrogen) atoms. The summed E-state index contributed by atoms with van der Waals surface area (Å²) >= 11 is 6.44. The number of aromatic nitrogens is 2. The van der Waals surface area contributed by atoms with Crippen LogP contribution in [0.15, 0.2) is 35.1 Å². The highest BCUT2D eigenvalue weighted by atomic mass is 35.5. The van der Waals surface area contributed by atoms with Crippen LogP contribution in [0.4, 0.5) is 8.78 Å². The normalized spacial score (nSPS) is 11.7. The molecule has 0 saturated heterocycles. The van der Waals surface area contributed by atoms with Crippen LogP contribution < -0.4 is 5.56 Å². The van der Waals surface area contributed by atoms with Crippen molar-refractivity contribution in [3.8, 4) is 11.1 Å². The highest BCUT2D eigenvalue weighted by Gasteiger charge is 2.37. The predicted molar refractivity (Wildman–Crippen MR) is 143 cm³/mol. The van der Waals surface area contributed by atoms with Gasteiger partial charge in [0.25, 0.3) is 11.5 Å². The lowest BCUT2D eigenvalue weighted by atomic mass is 9.79. The van der Waals surface area contributed by atoms with Crippen LogP contribution in [0.3, 0.4) is 0 Å². The largest absolute Gasteiger partial charge is 0.481 e. The first kappa shape index (κ1) is 28.7. The third-order valence-corrected chi connectivity index (χ3v) is 6.79. The highest BCUT2D eigenvalue weighted by molar-refractivity contribution is 6.32. The molecule has 7 nitrogen and oxygen atoms in total. The fourth-order valence-corrected chi connectivity index (χ4v) is 4.42. The molecule has 0 bridgehead atoms. The summed E-state index contributed by atoms with van der Waals surface area (Å²) in [5.41, 5.74) is -2.01. The molecule has 3 rings (SSSR count). The van der Waals surface area contributed by atoms with Gasteiger partial charge in [0.05, 0.1) is 22.2 Å². The van der Waals surface area contributed by atoms with E-state index < -0.39 is 34.5 Å². The summed E-state index contributed by atoms with van der Waals surface area (Å²) in [5, 5.41) is 14.1. The monoisotopic (exact) mass is 543 g/mol. The van der Waals surface area contributed by atoms with Gasteiger partial charge in [-0.3, -0.25) is 14.4 Å². The number of nitrogens with zero attached hydrogens (tertiary/aromatic N) is 3. The highest BCUT2D eigenvalue weighted by Crippen LogP contribution is 2.38. The van der Waals surface area contributed by atoms with Gasteiger partial charge < -0.3 is 10.0 Å². The minimum atomic E-state index is -1.59. The Balaban J connectivity index is 2.26. The second-order valence-corrected chi connectivity index (χ2v) is 9.81. The summed E-state index contributed by atoms with van der Waals surface area (Å²) in [6, 6.07) is 6.44. The molecule has 1 aromatic heterocycles. The third kappa shape index (κ3) is 5.24. The Morgan fingerprint density at radius 2 is 1.79 bits per heavy atom. The predicted octanol–water partition coefficient (Wildman–Crippen LogP) is 5.31. The van der Waals surface area contributed by atoms with Gasteiger partial charge in [0.2, 0.25) is 0 Å². The fraction of sp³-hybridized carbons (Fsp3) is 0.286. The molecular weight excluding hydrogens is 516 g/mol. The van der Waals surface area contributed by atoms with Gasteiger partial charge in [0.1, 0.15) is 11.6 Å². The van der Waals surface area contributed by atoms with Crippen LogP contribution in [0.5, 0.6) is 0 Å². The molecule has 0 aliphatic rings. The van der Waals surface area contributed by atoms with Gasteiger partial charge in [0, 0.05) is 42.4 Å². The number of aliphatic carboxylic acids is 1. The maximum absolute atomic E-state index is 15.5. The number of carboxylic acid groups (broad SMARTS) is 1. The second kappa shape index (κ2) is 10.9. The molecule has 3 aromatic rings. The maximum Gasteiger partial charge on any atom is 0.313 e. The maximum atomic E-state index is 15.5. The number of amides is 1. The molecule has 0 saturated carbocycles. The molecule has 10 heteroatoms. The quantitative estimate of drug-likeness (QED) is 0.408. The zero-order valence-corrected chi connectivity index (χ0v) is 22.7. The van der Waals surface area contributed by atoms with E-state index >= 15 is 4.39 Å². The summed E-state index contributed by atoms with van der Waals surface area (Å²) in [6.07, 6.45) is 2.88. The average Bonchev–Trinajstić information content (AvgIpc) is 2.85. The Hall–Kier alpha value is -3.85. The SMILES string of the molecule is CCN(C)C(=O)c1ccc(/C=C/c2c(Cl)ccc(F)c2-c2c(C(C)(C)C(=O)O)c(C)nn(C)c2=O)cc1F. The van der Waals surface area contributed by atoms with Crippen LogP contribution in [0.2, 0.25) is 5.02 Å². The number of carboxylic acids is 1. The number of benzene rings is 2. The Bertz CT molecular complexity index is 1530. The molecule has 200 valence electrons. The van der Waals surface area contributed by atoms with Crippen molar-refractivity contribution in [2.45, 2.75) is 33.1 Å². The number of halogens is 3. The zero-order chi connectivity index (χ0) is 28.5. The smallest absolute Gasteiger partial charge is 0.313 e. The van der Waals surface area contributed by atoms with E-state index in [-0.39, 0.29) is 38.5 Å². The Morgan fingerprint density at radius 1 is 1.13 bits per heavy atom. The average molecular weight is 544 g/mol. The Labute approximate surface area is 224 Å². The molecule has 0 fully saturated rings. The van der Waals surface area contributed by atoms with Crippen molar-refractivity contribution < 1.29 is 23.5 Å². The van der Waals surface area contributed by atoms with Gasteiger partial charge in [0.15, 0.2) is 0 Å².